The monoisotopic (exact) mass is 322 g/mol. The number of nitrogens with one attached hydrogen (secondary N) is 1. The standard InChI is InChI=1S/C11H10N6O2S2/c1-6-5-20-11(13-6)7-3-2-4-8(21(12,18)19)9(7)10-14-16-17-15-10/h2-5H,1H3,(H2,12,18,19)(H,14,15,16,17). The van der Waals surface area contributed by atoms with E-state index in [1.54, 1.807) is 12.1 Å². The normalized spacial score (nSPS) is 11.7. The Morgan fingerprint density at radius 1 is 1.33 bits per heavy atom. The zero-order valence-corrected chi connectivity index (χ0v) is 12.4. The number of hydrogen-bond donors (Lipinski definition) is 2. The minimum Gasteiger partial charge on any atom is -0.241 e. The Morgan fingerprint density at radius 3 is 2.71 bits per heavy atom. The number of tetrazole rings is 1. The number of aromatic amines is 1. The molecule has 2 aromatic heterocycles. The molecule has 0 amide bonds. The van der Waals surface area contributed by atoms with Crippen molar-refractivity contribution in [3.8, 4) is 22.0 Å². The largest absolute Gasteiger partial charge is 0.241 e. The Labute approximate surface area is 124 Å². The van der Waals surface area contributed by atoms with Gasteiger partial charge in [0.15, 0.2) is 0 Å². The van der Waals surface area contributed by atoms with Crippen LogP contribution in [0.2, 0.25) is 0 Å². The first-order valence-electron chi connectivity index (χ1n) is 5.79. The van der Waals surface area contributed by atoms with Gasteiger partial charge in [-0.05, 0) is 18.2 Å². The molecular formula is C11H10N6O2S2. The van der Waals surface area contributed by atoms with E-state index in [2.05, 4.69) is 25.6 Å². The summed E-state index contributed by atoms with van der Waals surface area (Å²) in [7, 11) is -3.93. The zero-order valence-electron chi connectivity index (χ0n) is 10.8. The maximum atomic E-state index is 11.8. The predicted molar refractivity (Wildman–Crippen MR) is 76.8 cm³/mol. The smallest absolute Gasteiger partial charge is 0.238 e. The van der Waals surface area contributed by atoms with E-state index in [-0.39, 0.29) is 10.7 Å². The van der Waals surface area contributed by atoms with E-state index < -0.39 is 10.0 Å². The van der Waals surface area contributed by atoms with Gasteiger partial charge in [0.2, 0.25) is 15.8 Å². The number of nitrogens with two attached hydrogens (primary N) is 1. The summed E-state index contributed by atoms with van der Waals surface area (Å²) in [5.74, 6) is 0.155. The number of nitrogens with zero attached hydrogens (tertiary/aromatic N) is 4. The molecule has 21 heavy (non-hydrogen) atoms. The molecule has 0 fully saturated rings. The van der Waals surface area contributed by atoms with Crippen molar-refractivity contribution in [1.82, 2.24) is 25.6 Å². The molecule has 3 N–H and O–H groups in total. The van der Waals surface area contributed by atoms with Crippen molar-refractivity contribution in [2.75, 3.05) is 0 Å². The maximum absolute atomic E-state index is 11.8. The van der Waals surface area contributed by atoms with Crippen LogP contribution in [0.5, 0.6) is 0 Å². The quantitative estimate of drug-likeness (QED) is 0.739. The van der Waals surface area contributed by atoms with Crippen LogP contribution in [-0.2, 0) is 10.0 Å². The van der Waals surface area contributed by atoms with Crippen molar-refractivity contribution in [2.24, 2.45) is 5.14 Å². The Kier molecular flexibility index (Phi) is 3.27. The van der Waals surface area contributed by atoms with Crippen molar-refractivity contribution in [3.05, 3.63) is 29.3 Å². The van der Waals surface area contributed by atoms with Crippen LogP contribution in [-0.4, -0.2) is 34.0 Å². The summed E-state index contributed by atoms with van der Waals surface area (Å²) < 4.78 is 23.6. The molecule has 108 valence electrons. The molecule has 3 rings (SSSR count). The average molecular weight is 322 g/mol. The molecule has 3 aromatic rings. The SMILES string of the molecule is Cc1csc(-c2cccc(S(N)(=O)=O)c2-c2nn[nH]n2)n1. The molecule has 0 saturated heterocycles. The third-order valence-corrected chi connectivity index (χ3v) is 4.70. The first-order valence-corrected chi connectivity index (χ1v) is 8.21. The number of rotatable bonds is 3. The van der Waals surface area contributed by atoms with Crippen LogP contribution in [0, 0.1) is 6.92 Å². The molecule has 0 aliphatic carbocycles. The molecule has 0 aliphatic rings. The van der Waals surface area contributed by atoms with Gasteiger partial charge in [-0.25, -0.2) is 18.5 Å². The van der Waals surface area contributed by atoms with Crippen LogP contribution in [0.25, 0.3) is 22.0 Å². The van der Waals surface area contributed by atoms with Gasteiger partial charge in [0.05, 0.1) is 10.5 Å². The van der Waals surface area contributed by atoms with Crippen molar-refractivity contribution in [1.29, 1.82) is 0 Å². The summed E-state index contributed by atoms with van der Waals surface area (Å²) in [5.41, 5.74) is 1.74. The molecule has 0 aliphatic heterocycles. The molecule has 0 radical (unpaired) electrons. The highest BCUT2D eigenvalue weighted by atomic mass is 32.2. The van der Waals surface area contributed by atoms with Crippen LogP contribution in [0.3, 0.4) is 0 Å². The molecule has 2 heterocycles. The van der Waals surface area contributed by atoms with Gasteiger partial charge in [-0.2, -0.15) is 5.21 Å². The molecule has 8 nitrogen and oxygen atoms in total. The fraction of sp³-hybridized carbons (Fsp3) is 0.0909. The number of hydrogen-bond acceptors (Lipinski definition) is 7. The highest BCUT2D eigenvalue weighted by Crippen LogP contribution is 2.36. The van der Waals surface area contributed by atoms with E-state index in [1.807, 2.05) is 12.3 Å². The van der Waals surface area contributed by atoms with Gasteiger partial charge in [0.25, 0.3) is 0 Å². The van der Waals surface area contributed by atoms with Gasteiger partial charge < -0.3 is 0 Å². The van der Waals surface area contributed by atoms with Crippen LogP contribution >= 0.6 is 11.3 Å². The van der Waals surface area contributed by atoms with Crippen LogP contribution in [0.4, 0.5) is 0 Å². The molecule has 0 spiro atoms. The average Bonchev–Trinajstić information content (AvgIpc) is 3.07. The first kappa shape index (κ1) is 13.8. The fourth-order valence-corrected chi connectivity index (χ4v) is 3.51. The molecule has 0 saturated carbocycles. The van der Waals surface area contributed by atoms with E-state index >= 15 is 0 Å². The van der Waals surface area contributed by atoms with Gasteiger partial charge in [0.1, 0.15) is 5.01 Å². The number of aryl methyl sites for hydroxylation is 1. The Morgan fingerprint density at radius 2 is 2.14 bits per heavy atom. The number of primary sulfonamides is 1. The summed E-state index contributed by atoms with van der Waals surface area (Å²) in [6.45, 7) is 1.86. The summed E-state index contributed by atoms with van der Waals surface area (Å²) in [6, 6.07) is 4.76. The number of sulfonamides is 1. The van der Waals surface area contributed by atoms with E-state index in [0.717, 1.165) is 5.69 Å². The van der Waals surface area contributed by atoms with Crippen molar-refractivity contribution in [2.45, 2.75) is 11.8 Å². The highest BCUT2D eigenvalue weighted by Gasteiger charge is 2.23. The summed E-state index contributed by atoms with van der Waals surface area (Å²) >= 11 is 1.40. The molecule has 1 aromatic carbocycles. The van der Waals surface area contributed by atoms with Gasteiger partial charge in [0, 0.05) is 16.6 Å². The third-order valence-electron chi connectivity index (χ3n) is 2.75. The number of thiazole rings is 1. The lowest BCUT2D eigenvalue weighted by Crippen LogP contribution is -2.14. The lowest BCUT2D eigenvalue weighted by molar-refractivity contribution is 0.598. The van der Waals surface area contributed by atoms with E-state index in [0.29, 0.717) is 16.1 Å². The summed E-state index contributed by atoms with van der Waals surface area (Å²) in [5, 5.41) is 21.3. The second kappa shape index (κ2) is 4.98. The number of benzene rings is 1. The maximum Gasteiger partial charge on any atom is 0.238 e. The van der Waals surface area contributed by atoms with E-state index in [4.69, 9.17) is 5.14 Å². The van der Waals surface area contributed by atoms with Gasteiger partial charge >= 0.3 is 0 Å². The summed E-state index contributed by atoms with van der Waals surface area (Å²) in [4.78, 5) is 4.31. The van der Waals surface area contributed by atoms with E-state index in [9.17, 15) is 8.42 Å². The van der Waals surface area contributed by atoms with E-state index in [1.165, 1.54) is 17.4 Å². The fourth-order valence-electron chi connectivity index (χ4n) is 1.92. The number of H-pyrrole nitrogens is 1. The molecular weight excluding hydrogens is 312 g/mol. The third kappa shape index (κ3) is 2.55. The Bertz CT molecular complexity index is 885. The Balaban J connectivity index is 2.36. The zero-order chi connectivity index (χ0) is 15.0. The second-order valence-corrected chi connectivity index (χ2v) is 6.64. The van der Waals surface area contributed by atoms with Crippen molar-refractivity contribution >= 4 is 21.4 Å². The van der Waals surface area contributed by atoms with Crippen molar-refractivity contribution < 1.29 is 8.42 Å². The van der Waals surface area contributed by atoms with Gasteiger partial charge in [-0.15, -0.1) is 21.5 Å². The lowest BCUT2D eigenvalue weighted by Gasteiger charge is -2.08. The second-order valence-electron chi connectivity index (χ2n) is 4.25. The number of aromatic nitrogens is 5. The van der Waals surface area contributed by atoms with Crippen LogP contribution in [0.1, 0.15) is 5.69 Å². The highest BCUT2D eigenvalue weighted by molar-refractivity contribution is 7.89. The van der Waals surface area contributed by atoms with Crippen LogP contribution < -0.4 is 5.14 Å². The minimum atomic E-state index is -3.93. The van der Waals surface area contributed by atoms with Crippen LogP contribution in [0.15, 0.2) is 28.5 Å². The Hall–Kier alpha value is -2.17. The molecule has 0 bridgehead atoms. The van der Waals surface area contributed by atoms with Gasteiger partial charge in [-0.3, -0.25) is 0 Å². The predicted octanol–water partition coefficient (Wildman–Crippen LogP) is 0.946. The van der Waals surface area contributed by atoms with Gasteiger partial charge in [-0.1, -0.05) is 12.1 Å². The minimum absolute atomic E-state index is 0.0609. The molecule has 0 atom stereocenters. The topological polar surface area (TPSA) is 128 Å². The van der Waals surface area contributed by atoms with Crippen molar-refractivity contribution in [3.63, 3.8) is 0 Å². The molecule has 10 heteroatoms. The molecule has 0 unspecified atom stereocenters. The first-order chi connectivity index (χ1) is 9.97. The summed E-state index contributed by atoms with van der Waals surface area (Å²) in [6.07, 6.45) is 0. The lowest BCUT2D eigenvalue weighted by atomic mass is 10.1.